The molecular formula is C41H76O5. The molecule has 1 atom stereocenters. The molecule has 5 heteroatoms. The molecule has 0 amide bonds. The maximum atomic E-state index is 12.2. The van der Waals surface area contributed by atoms with Gasteiger partial charge in [-0.05, 0) is 64.2 Å². The van der Waals surface area contributed by atoms with E-state index >= 15 is 0 Å². The minimum absolute atomic E-state index is 0.0686. The lowest BCUT2D eigenvalue weighted by Gasteiger charge is -2.15. The molecule has 0 saturated carbocycles. The standard InChI is InChI=1S/C41H76O5/c1-3-5-7-9-11-13-15-17-19-20-22-23-25-27-29-31-33-35-40(43)45-38-39(37-42)46-41(44)36-34-32-30-28-26-24-21-18-16-14-12-10-8-6-4-2/h17-19,21,39,42H,3-16,20,22-38H2,1-2H3. The number of esters is 2. The molecule has 0 spiro atoms. The van der Waals surface area contributed by atoms with E-state index in [1.807, 2.05) is 0 Å². The Bertz CT molecular complexity index is 701. The van der Waals surface area contributed by atoms with Crippen molar-refractivity contribution in [2.75, 3.05) is 13.2 Å². The number of hydrogen-bond donors (Lipinski definition) is 1. The van der Waals surface area contributed by atoms with E-state index in [1.54, 1.807) is 0 Å². The number of rotatable bonds is 36. The molecule has 0 aliphatic carbocycles. The third-order valence-corrected chi connectivity index (χ3v) is 8.72. The first-order valence-corrected chi connectivity index (χ1v) is 19.9. The molecule has 270 valence electrons. The second-order valence-electron chi connectivity index (χ2n) is 13.4. The number of aliphatic hydroxyl groups excluding tert-OH is 1. The van der Waals surface area contributed by atoms with Crippen molar-refractivity contribution in [3.63, 3.8) is 0 Å². The first kappa shape index (κ1) is 44.4. The fraction of sp³-hybridized carbons (Fsp3) is 0.854. The topological polar surface area (TPSA) is 72.8 Å². The van der Waals surface area contributed by atoms with Crippen molar-refractivity contribution in [3.8, 4) is 0 Å². The van der Waals surface area contributed by atoms with Crippen molar-refractivity contribution in [2.45, 2.75) is 213 Å². The second kappa shape index (κ2) is 37.8. The molecule has 0 aromatic rings. The Labute approximate surface area is 285 Å². The summed E-state index contributed by atoms with van der Waals surface area (Å²) < 4.78 is 10.6. The molecule has 0 aromatic heterocycles. The molecule has 0 bridgehead atoms. The van der Waals surface area contributed by atoms with Crippen LogP contribution in [-0.4, -0.2) is 36.4 Å². The van der Waals surface area contributed by atoms with Gasteiger partial charge in [0.25, 0.3) is 0 Å². The summed E-state index contributed by atoms with van der Waals surface area (Å²) in [6, 6.07) is 0. The summed E-state index contributed by atoms with van der Waals surface area (Å²) >= 11 is 0. The average molecular weight is 649 g/mol. The van der Waals surface area contributed by atoms with E-state index in [4.69, 9.17) is 9.47 Å². The Balaban J connectivity index is 3.55. The zero-order valence-electron chi connectivity index (χ0n) is 30.6. The average Bonchev–Trinajstić information content (AvgIpc) is 3.06. The maximum Gasteiger partial charge on any atom is 0.306 e. The molecule has 0 aliphatic heterocycles. The number of unbranched alkanes of at least 4 members (excludes halogenated alkanes) is 24. The van der Waals surface area contributed by atoms with Crippen LogP contribution in [0.25, 0.3) is 0 Å². The van der Waals surface area contributed by atoms with E-state index in [-0.39, 0.29) is 25.2 Å². The van der Waals surface area contributed by atoms with E-state index < -0.39 is 6.10 Å². The van der Waals surface area contributed by atoms with Crippen LogP contribution in [0, 0.1) is 0 Å². The summed E-state index contributed by atoms with van der Waals surface area (Å²) in [5.74, 6) is -0.601. The smallest absolute Gasteiger partial charge is 0.306 e. The van der Waals surface area contributed by atoms with Crippen molar-refractivity contribution < 1.29 is 24.2 Å². The molecule has 0 aromatic carbocycles. The van der Waals surface area contributed by atoms with Gasteiger partial charge in [0.2, 0.25) is 0 Å². The van der Waals surface area contributed by atoms with Gasteiger partial charge >= 0.3 is 11.9 Å². The minimum atomic E-state index is -0.773. The van der Waals surface area contributed by atoms with Crippen LogP contribution < -0.4 is 0 Å². The van der Waals surface area contributed by atoms with E-state index in [0.29, 0.717) is 12.8 Å². The quantitative estimate of drug-likeness (QED) is 0.0416. The van der Waals surface area contributed by atoms with Crippen molar-refractivity contribution in [1.82, 2.24) is 0 Å². The highest BCUT2D eigenvalue weighted by Gasteiger charge is 2.16. The first-order valence-electron chi connectivity index (χ1n) is 19.9. The van der Waals surface area contributed by atoms with E-state index in [0.717, 1.165) is 44.9 Å². The Morgan fingerprint density at radius 2 is 0.804 bits per heavy atom. The number of carbonyl (C=O) groups is 2. The number of aliphatic hydroxyl groups is 1. The summed E-state index contributed by atoms with van der Waals surface area (Å²) in [5, 5.41) is 9.55. The summed E-state index contributed by atoms with van der Waals surface area (Å²) in [6.45, 7) is 4.12. The molecular weight excluding hydrogens is 572 g/mol. The van der Waals surface area contributed by atoms with E-state index in [9.17, 15) is 14.7 Å². The largest absolute Gasteiger partial charge is 0.462 e. The zero-order valence-corrected chi connectivity index (χ0v) is 30.6. The second-order valence-corrected chi connectivity index (χ2v) is 13.4. The Morgan fingerprint density at radius 3 is 1.17 bits per heavy atom. The van der Waals surface area contributed by atoms with Gasteiger partial charge in [-0.1, -0.05) is 154 Å². The van der Waals surface area contributed by atoms with Crippen molar-refractivity contribution in [2.24, 2.45) is 0 Å². The van der Waals surface area contributed by atoms with Crippen molar-refractivity contribution in [3.05, 3.63) is 24.3 Å². The van der Waals surface area contributed by atoms with Crippen LogP contribution in [0.5, 0.6) is 0 Å². The van der Waals surface area contributed by atoms with E-state index in [2.05, 4.69) is 38.2 Å². The lowest BCUT2D eigenvalue weighted by molar-refractivity contribution is -0.161. The van der Waals surface area contributed by atoms with Gasteiger partial charge < -0.3 is 14.6 Å². The summed E-state index contributed by atoms with van der Waals surface area (Å²) in [4.78, 5) is 24.2. The van der Waals surface area contributed by atoms with Crippen LogP contribution in [0.1, 0.15) is 206 Å². The Hall–Kier alpha value is -1.62. The number of carbonyl (C=O) groups excluding carboxylic acids is 2. The predicted molar refractivity (Wildman–Crippen MR) is 196 cm³/mol. The van der Waals surface area contributed by atoms with Gasteiger partial charge in [0.1, 0.15) is 6.61 Å². The van der Waals surface area contributed by atoms with Gasteiger partial charge in [-0.25, -0.2) is 0 Å². The summed E-state index contributed by atoms with van der Waals surface area (Å²) in [6.07, 6.45) is 43.8. The maximum absolute atomic E-state index is 12.2. The molecule has 0 fully saturated rings. The van der Waals surface area contributed by atoms with Crippen LogP contribution >= 0.6 is 0 Å². The predicted octanol–water partition coefficient (Wildman–Crippen LogP) is 12.3. The van der Waals surface area contributed by atoms with Gasteiger partial charge in [0, 0.05) is 12.8 Å². The highest BCUT2D eigenvalue weighted by atomic mass is 16.6. The van der Waals surface area contributed by atoms with Crippen LogP contribution in [0.3, 0.4) is 0 Å². The molecule has 0 radical (unpaired) electrons. The van der Waals surface area contributed by atoms with Crippen LogP contribution in [-0.2, 0) is 19.1 Å². The first-order chi connectivity index (χ1) is 22.6. The molecule has 0 rings (SSSR count). The van der Waals surface area contributed by atoms with Crippen LogP contribution in [0.15, 0.2) is 24.3 Å². The fourth-order valence-corrected chi connectivity index (χ4v) is 5.66. The van der Waals surface area contributed by atoms with Gasteiger partial charge in [-0.15, -0.1) is 0 Å². The highest BCUT2D eigenvalue weighted by molar-refractivity contribution is 5.70. The highest BCUT2D eigenvalue weighted by Crippen LogP contribution is 2.13. The van der Waals surface area contributed by atoms with Crippen molar-refractivity contribution in [1.29, 1.82) is 0 Å². The summed E-state index contributed by atoms with van der Waals surface area (Å²) in [5.41, 5.74) is 0. The fourth-order valence-electron chi connectivity index (χ4n) is 5.66. The van der Waals surface area contributed by atoms with E-state index in [1.165, 1.54) is 135 Å². The van der Waals surface area contributed by atoms with Gasteiger partial charge in [0.15, 0.2) is 6.10 Å². The molecule has 0 heterocycles. The lowest BCUT2D eigenvalue weighted by Crippen LogP contribution is -2.28. The molecule has 0 saturated heterocycles. The molecule has 5 nitrogen and oxygen atoms in total. The molecule has 1 N–H and O–H groups in total. The lowest BCUT2D eigenvalue weighted by atomic mass is 10.1. The minimum Gasteiger partial charge on any atom is -0.462 e. The van der Waals surface area contributed by atoms with Crippen LogP contribution in [0.4, 0.5) is 0 Å². The zero-order chi connectivity index (χ0) is 33.6. The van der Waals surface area contributed by atoms with Gasteiger partial charge in [-0.2, -0.15) is 0 Å². The van der Waals surface area contributed by atoms with Gasteiger partial charge in [0.05, 0.1) is 6.61 Å². The van der Waals surface area contributed by atoms with Gasteiger partial charge in [-0.3, -0.25) is 9.59 Å². The normalized spacial score (nSPS) is 12.3. The van der Waals surface area contributed by atoms with Crippen LogP contribution in [0.2, 0.25) is 0 Å². The monoisotopic (exact) mass is 649 g/mol. The third-order valence-electron chi connectivity index (χ3n) is 8.72. The number of hydrogen-bond acceptors (Lipinski definition) is 5. The molecule has 1 unspecified atom stereocenters. The number of allylic oxidation sites excluding steroid dienone is 4. The molecule has 46 heavy (non-hydrogen) atoms. The third kappa shape index (κ3) is 35.2. The SMILES string of the molecule is CCCCCCCCC=CCCCCCCCCCC(=O)OCC(CO)OC(=O)CCCCCCCC=CCCCCCCCC. The number of ether oxygens (including phenoxy) is 2. The Morgan fingerprint density at radius 1 is 0.478 bits per heavy atom. The van der Waals surface area contributed by atoms with Crippen molar-refractivity contribution >= 4 is 11.9 Å². The molecule has 0 aliphatic rings. The Kier molecular flexibility index (Phi) is 36.5. The summed E-state index contributed by atoms with van der Waals surface area (Å²) in [7, 11) is 0.